The highest BCUT2D eigenvalue weighted by molar-refractivity contribution is 6.19. The lowest BCUT2D eigenvalue weighted by Gasteiger charge is -2.11. The number of fused-ring (bicyclic) bond motifs is 9. The molecule has 0 atom stereocenters. The van der Waals surface area contributed by atoms with Gasteiger partial charge in [0.05, 0.1) is 22.1 Å². The molecular weight excluding hydrogens is 699 g/mol. The number of benzene rings is 8. The maximum Gasteiger partial charge on any atom is 0.238 e. The third-order valence-corrected chi connectivity index (χ3v) is 11.2. The standard InChI is InChI=1S/C51H31N5O/c1-4-14-32(15-5-1)34-25-27-47-42(28-34)39-26-24-35(29-48(39)57-47)50-52-49(33-16-6-2-7-17-33)53-51(54-50)56-44-23-13-11-21-38(44)41-30-45-40(31-46(41)56)37-20-10-12-22-43(37)55(45)36-18-8-3-9-19-36/h1-31H. The summed E-state index contributed by atoms with van der Waals surface area (Å²) in [5.41, 5.74) is 11.2. The fraction of sp³-hybridized carbons (Fsp3) is 0. The van der Waals surface area contributed by atoms with Crippen LogP contribution in [-0.4, -0.2) is 24.1 Å². The molecule has 266 valence electrons. The highest BCUT2D eigenvalue weighted by Crippen LogP contribution is 2.40. The normalized spacial score (nSPS) is 11.9. The van der Waals surface area contributed by atoms with Gasteiger partial charge in [-0.1, -0.05) is 127 Å². The van der Waals surface area contributed by atoms with Crippen LogP contribution in [0.5, 0.6) is 0 Å². The minimum Gasteiger partial charge on any atom is -0.456 e. The summed E-state index contributed by atoms with van der Waals surface area (Å²) in [6, 6.07) is 65.6. The van der Waals surface area contributed by atoms with Gasteiger partial charge in [0, 0.05) is 49.1 Å². The van der Waals surface area contributed by atoms with Crippen molar-refractivity contribution in [2.45, 2.75) is 0 Å². The van der Waals surface area contributed by atoms with E-state index in [0.29, 0.717) is 17.6 Å². The van der Waals surface area contributed by atoms with E-state index in [-0.39, 0.29) is 0 Å². The van der Waals surface area contributed by atoms with Crippen molar-refractivity contribution in [2.24, 2.45) is 0 Å². The number of aromatic nitrogens is 5. The molecule has 4 heterocycles. The summed E-state index contributed by atoms with van der Waals surface area (Å²) in [7, 11) is 0. The molecule has 0 spiro atoms. The average Bonchev–Trinajstić information content (AvgIpc) is 3.93. The fourth-order valence-electron chi connectivity index (χ4n) is 8.54. The van der Waals surface area contributed by atoms with Crippen LogP contribution in [0.3, 0.4) is 0 Å². The van der Waals surface area contributed by atoms with Gasteiger partial charge in [0.25, 0.3) is 0 Å². The van der Waals surface area contributed by atoms with Crippen molar-refractivity contribution in [3.63, 3.8) is 0 Å². The highest BCUT2D eigenvalue weighted by atomic mass is 16.3. The van der Waals surface area contributed by atoms with Gasteiger partial charge in [0.1, 0.15) is 11.2 Å². The van der Waals surface area contributed by atoms with E-state index in [9.17, 15) is 0 Å². The van der Waals surface area contributed by atoms with E-state index in [0.717, 1.165) is 82.5 Å². The summed E-state index contributed by atoms with van der Waals surface area (Å²) in [5, 5.41) is 6.72. The van der Waals surface area contributed by atoms with Crippen LogP contribution < -0.4 is 0 Å². The molecule has 0 N–H and O–H groups in total. The number of hydrogen-bond donors (Lipinski definition) is 0. The molecule has 6 nitrogen and oxygen atoms in total. The van der Waals surface area contributed by atoms with Crippen LogP contribution in [0.2, 0.25) is 0 Å². The third kappa shape index (κ3) is 4.94. The molecule has 0 aliphatic rings. The van der Waals surface area contributed by atoms with Gasteiger partial charge in [-0.2, -0.15) is 9.97 Å². The molecule has 0 bridgehead atoms. The number of furan rings is 1. The average molecular weight is 730 g/mol. The van der Waals surface area contributed by atoms with Crippen LogP contribution in [0.4, 0.5) is 0 Å². The first-order valence-corrected chi connectivity index (χ1v) is 19.1. The molecule has 4 aromatic heterocycles. The molecule has 0 unspecified atom stereocenters. The highest BCUT2D eigenvalue weighted by Gasteiger charge is 2.21. The number of hydrogen-bond acceptors (Lipinski definition) is 4. The molecule has 0 fully saturated rings. The van der Waals surface area contributed by atoms with Crippen LogP contribution in [-0.2, 0) is 0 Å². The first-order valence-electron chi connectivity index (χ1n) is 19.1. The van der Waals surface area contributed by atoms with Gasteiger partial charge in [0.2, 0.25) is 5.95 Å². The first kappa shape index (κ1) is 31.5. The lowest BCUT2D eigenvalue weighted by atomic mass is 10.0. The molecule has 0 amide bonds. The second kappa shape index (κ2) is 12.3. The predicted molar refractivity (Wildman–Crippen MR) is 232 cm³/mol. The van der Waals surface area contributed by atoms with Gasteiger partial charge in [-0.25, -0.2) is 4.98 Å². The molecule has 0 saturated heterocycles. The van der Waals surface area contributed by atoms with E-state index in [1.165, 1.54) is 10.9 Å². The summed E-state index contributed by atoms with van der Waals surface area (Å²) in [5.74, 6) is 1.72. The molecular formula is C51H31N5O. The summed E-state index contributed by atoms with van der Waals surface area (Å²) < 4.78 is 11.0. The monoisotopic (exact) mass is 729 g/mol. The predicted octanol–water partition coefficient (Wildman–Crippen LogP) is 13.0. The topological polar surface area (TPSA) is 61.7 Å². The van der Waals surface area contributed by atoms with Crippen molar-refractivity contribution >= 4 is 65.6 Å². The Hall–Kier alpha value is -7.83. The van der Waals surface area contributed by atoms with Crippen molar-refractivity contribution in [3.8, 4) is 45.5 Å². The SMILES string of the molecule is c1ccc(-c2ccc3oc4cc(-c5nc(-c6ccccc6)nc(-n6c7ccccc7c7cc8c(cc76)c6ccccc6n8-c6ccccc6)n5)ccc4c3c2)cc1. The second-order valence-electron chi connectivity index (χ2n) is 14.5. The lowest BCUT2D eigenvalue weighted by molar-refractivity contribution is 0.669. The van der Waals surface area contributed by atoms with E-state index in [4.69, 9.17) is 19.4 Å². The fourth-order valence-corrected chi connectivity index (χ4v) is 8.54. The minimum atomic E-state index is 0.549. The van der Waals surface area contributed by atoms with E-state index in [1.807, 2.05) is 36.4 Å². The zero-order chi connectivity index (χ0) is 37.5. The molecule has 12 aromatic rings. The van der Waals surface area contributed by atoms with E-state index < -0.39 is 0 Å². The summed E-state index contributed by atoms with van der Waals surface area (Å²) in [6.07, 6.45) is 0. The van der Waals surface area contributed by atoms with Gasteiger partial charge in [-0.05, 0) is 71.8 Å². The van der Waals surface area contributed by atoms with Crippen molar-refractivity contribution in [3.05, 3.63) is 188 Å². The Balaban J connectivity index is 1.09. The van der Waals surface area contributed by atoms with Crippen LogP contribution in [0, 0.1) is 0 Å². The smallest absolute Gasteiger partial charge is 0.238 e. The van der Waals surface area contributed by atoms with Crippen LogP contribution in [0.15, 0.2) is 192 Å². The quantitative estimate of drug-likeness (QED) is 0.177. The Morgan fingerprint density at radius 2 is 0.877 bits per heavy atom. The molecule has 6 heteroatoms. The van der Waals surface area contributed by atoms with Gasteiger partial charge in [0.15, 0.2) is 11.6 Å². The molecule has 8 aromatic carbocycles. The molecule has 12 rings (SSSR count). The Bertz CT molecular complexity index is 3510. The van der Waals surface area contributed by atoms with Crippen LogP contribution >= 0.6 is 0 Å². The van der Waals surface area contributed by atoms with Gasteiger partial charge in [-0.3, -0.25) is 4.57 Å². The first-order chi connectivity index (χ1) is 28.2. The van der Waals surface area contributed by atoms with Gasteiger partial charge >= 0.3 is 0 Å². The van der Waals surface area contributed by atoms with E-state index >= 15 is 0 Å². The molecule has 57 heavy (non-hydrogen) atoms. The Kier molecular flexibility index (Phi) is 6.83. The third-order valence-electron chi connectivity index (χ3n) is 11.2. The number of rotatable bonds is 5. The molecule has 0 radical (unpaired) electrons. The molecule has 0 aliphatic carbocycles. The summed E-state index contributed by atoms with van der Waals surface area (Å²) in [4.78, 5) is 15.6. The number of para-hydroxylation sites is 3. The molecule has 0 aliphatic heterocycles. The maximum atomic E-state index is 6.47. The van der Waals surface area contributed by atoms with E-state index in [2.05, 4.69) is 161 Å². The summed E-state index contributed by atoms with van der Waals surface area (Å²) >= 11 is 0. The zero-order valence-corrected chi connectivity index (χ0v) is 30.5. The van der Waals surface area contributed by atoms with Crippen LogP contribution in [0.25, 0.3) is 111 Å². The molecule has 0 saturated carbocycles. The van der Waals surface area contributed by atoms with Crippen molar-refractivity contribution in [1.29, 1.82) is 0 Å². The minimum absolute atomic E-state index is 0.549. The Morgan fingerprint density at radius 1 is 0.316 bits per heavy atom. The van der Waals surface area contributed by atoms with Crippen molar-refractivity contribution < 1.29 is 4.42 Å². The van der Waals surface area contributed by atoms with Gasteiger partial charge < -0.3 is 8.98 Å². The Morgan fingerprint density at radius 3 is 1.58 bits per heavy atom. The lowest BCUT2D eigenvalue weighted by Crippen LogP contribution is -2.06. The Labute approximate surface area is 326 Å². The zero-order valence-electron chi connectivity index (χ0n) is 30.5. The van der Waals surface area contributed by atoms with Crippen molar-refractivity contribution in [2.75, 3.05) is 0 Å². The second-order valence-corrected chi connectivity index (χ2v) is 14.5. The van der Waals surface area contributed by atoms with Gasteiger partial charge in [-0.15, -0.1) is 0 Å². The number of nitrogens with zero attached hydrogens (tertiary/aromatic N) is 5. The maximum absolute atomic E-state index is 6.47. The largest absolute Gasteiger partial charge is 0.456 e. The van der Waals surface area contributed by atoms with E-state index in [1.54, 1.807) is 0 Å². The van der Waals surface area contributed by atoms with Crippen molar-refractivity contribution in [1.82, 2.24) is 24.1 Å². The van der Waals surface area contributed by atoms with Crippen LogP contribution in [0.1, 0.15) is 0 Å². The summed E-state index contributed by atoms with van der Waals surface area (Å²) in [6.45, 7) is 0.